The van der Waals surface area contributed by atoms with Gasteiger partial charge in [0.15, 0.2) is 0 Å². The van der Waals surface area contributed by atoms with Crippen molar-refractivity contribution in [3.8, 4) is 11.5 Å². The number of hydrogen-bond acceptors (Lipinski definition) is 3. The lowest BCUT2D eigenvalue weighted by molar-refractivity contribution is -0.144. The molecule has 0 fully saturated rings. The van der Waals surface area contributed by atoms with E-state index in [0.29, 0.717) is 12.4 Å². The number of carbonyl (C=O) groups excluding carboxylic acids is 1. The molecule has 0 aliphatic heterocycles. The Morgan fingerprint density at radius 3 is 2.14 bits per heavy atom. The monoisotopic (exact) mass is 286 g/mol. The second-order valence-electron chi connectivity index (χ2n) is 5.67. The van der Waals surface area contributed by atoms with E-state index in [0.717, 1.165) is 22.9 Å². The van der Waals surface area contributed by atoms with E-state index in [1.807, 2.05) is 58.0 Å². The first-order valence-electron chi connectivity index (χ1n) is 7.36. The molecule has 0 spiro atoms. The van der Waals surface area contributed by atoms with Crippen LogP contribution < -0.4 is 9.47 Å². The van der Waals surface area contributed by atoms with Crippen LogP contribution >= 0.6 is 0 Å². The summed E-state index contributed by atoms with van der Waals surface area (Å²) in [6.45, 7) is 8.33. The van der Waals surface area contributed by atoms with Gasteiger partial charge in [0.25, 0.3) is 0 Å². The maximum Gasteiger partial charge on any atom is 0.316 e. The van der Waals surface area contributed by atoms with E-state index in [1.54, 1.807) is 6.07 Å². The Labute approximate surface area is 125 Å². The average molecular weight is 286 g/mol. The van der Waals surface area contributed by atoms with Crippen molar-refractivity contribution < 1.29 is 14.3 Å². The molecule has 0 unspecified atom stereocenters. The summed E-state index contributed by atoms with van der Waals surface area (Å²) in [5, 5.41) is 1.85. The number of fused-ring (bicyclic) bond motifs is 1. The molecule has 0 heterocycles. The predicted octanol–water partition coefficient (Wildman–Crippen LogP) is 4.58. The smallest absolute Gasteiger partial charge is 0.316 e. The van der Waals surface area contributed by atoms with Gasteiger partial charge in [-0.25, -0.2) is 0 Å². The maximum atomic E-state index is 12.3. The Kier molecular flexibility index (Phi) is 4.51. The predicted molar refractivity (Wildman–Crippen MR) is 84.8 cm³/mol. The van der Waals surface area contributed by atoms with Crippen molar-refractivity contribution in [3.05, 3.63) is 36.4 Å². The third-order valence-corrected chi connectivity index (χ3v) is 3.78. The maximum absolute atomic E-state index is 12.3. The van der Waals surface area contributed by atoms with Gasteiger partial charge in [-0.15, -0.1) is 0 Å². The van der Waals surface area contributed by atoms with Gasteiger partial charge >= 0.3 is 5.97 Å². The van der Waals surface area contributed by atoms with Crippen molar-refractivity contribution in [1.82, 2.24) is 0 Å². The number of benzene rings is 2. The molecule has 112 valence electrons. The van der Waals surface area contributed by atoms with Gasteiger partial charge in [-0.3, -0.25) is 4.79 Å². The van der Waals surface area contributed by atoms with Crippen LogP contribution in [-0.2, 0) is 4.79 Å². The molecule has 21 heavy (non-hydrogen) atoms. The highest BCUT2D eigenvalue weighted by molar-refractivity contribution is 5.95. The van der Waals surface area contributed by atoms with E-state index < -0.39 is 5.41 Å². The second kappa shape index (κ2) is 6.17. The van der Waals surface area contributed by atoms with Crippen LogP contribution in [0.1, 0.15) is 34.1 Å². The molecule has 0 saturated carbocycles. The quantitative estimate of drug-likeness (QED) is 0.596. The van der Waals surface area contributed by atoms with E-state index >= 15 is 0 Å². The molecule has 2 aromatic carbocycles. The van der Waals surface area contributed by atoms with Crippen molar-refractivity contribution in [2.24, 2.45) is 5.41 Å². The number of rotatable bonds is 5. The van der Waals surface area contributed by atoms with Gasteiger partial charge < -0.3 is 9.47 Å². The van der Waals surface area contributed by atoms with Crippen LogP contribution in [0.2, 0.25) is 0 Å². The van der Waals surface area contributed by atoms with Crippen molar-refractivity contribution in [3.63, 3.8) is 0 Å². The number of hydrogen-bond donors (Lipinski definition) is 0. The SMILES string of the molecule is CCOc1ccc(OC(=O)C(C)(C)CC)c2ccccc12. The zero-order chi connectivity index (χ0) is 15.5. The molecule has 0 radical (unpaired) electrons. The van der Waals surface area contributed by atoms with Crippen LogP contribution in [0.5, 0.6) is 11.5 Å². The van der Waals surface area contributed by atoms with Gasteiger partial charge in [-0.1, -0.05) is 31.2 Å². The largest absolute Gasteiger partial charge is 0.493 e. The van der Waals surface area contributed by atoms with Crippen LogP contribution in [0.4, 0.5) is 0 Å². The molecule has 2 rings (SSSR count). The van der Waals surface area contributed by atoms with Gasteiger partial charge in [0.05, 0.1) is 12.0 Å². The Bertz CT molecular complexity index is 644. The van der Waals surface area contributed by atoms with Gasteiger partial charge in [-0.2, -0.15) is 0 Å². The molecule has 0 aliphatic carbocycles. The third kappa shape index (κ3) is 3.18. The van der Waals surface area contributed by atoms with E-state index in [9.17, 15) is 4.79 Å². The summed E-state index contributed by atoms with van der Waals surface area (Å²) in [5.74, 6) is 1.18. The lowest BCUT2D eigenvalue weighted by atomic mass is 9.90. The average Bonchev–Trinajstić information content (AvgIpc) is 2.49. The standard InChI is InChI=1S/C18H22O3/c1-5-18(3,4)17(19)21-16-12-11-15(20-6-2)13-9-7-8-10-14(13)16/h7-12H,5-6H2,1-4H3. The fourth-order valence-electron chi connectivity index (χ4n) is 2.00. The minimum Gasteiger partial charge on any atom is -0.493 e. The Morgan fingerprint density at radius 2 is 1.57 bits per heavy atom. The van der Waals surface area contributed by atoms with Crippen LogP contribution in [0.3, 0.4) is 0 Å². The normalized spacial score (nSPS) is 11.4. The molecular formula is C18H22O3. The van der Waals surface area contributed by atoms with E-state index in [1.165, 1.54) is 0 Å². The van der Waals surface area contributed by atoms with Crippen LogP contribution in [0.15, 0.2) is 36.4 Å². The van der Waals surface area contributed by atoms with Gasteiger partial charge in [0.2, 0.25) is 0 Å². The summed E-state index contributed by atoms with van der Waals surface area (Å²) < 4.78 is 11.2. The fraction of sp³-hybridized carbons (Fsp3) is 0.389. The highest BCUT2D eigenvalue weighted by atomic mass is 16.5. The molecule has 3 nitrogen and oxygen atoms in total. The minimum absolute atomic E-state index is 0.209. The molecule has 0 aliphatic rings. The fourth-order valence-corrected chi connectivity index (χ4v) is 2.00. The molecule has 0 saturated heterocycles. The van der Waals surface area contributed by atoms with Crippen molar-refractivity contribution in [2.75, 3.05) is 6.61 Å². The Morgan fingerprint density at radius 1 is 1.00 bits per heavy atom. The van der Waals surface area contributed by atoms with Crippen molar-refractivity contribution in [1.29, 1.82) is 0 Å². The van der Waals surface area contributed by atoms with E-state index in [2.05, 4.69) is 0 Å². The Hall–Kier alpha value is -2.03. The Balaban J connectivity index is 2.42. The third-order valence-electron chi connectivity index (χ3n) is 3.78. The summed E-state index contributed by atoms with van der Waals surface area (Å²) in [6, 6.07) is 11.5. The summed E-state index contributed by atoms with van der Waals surface area (Å²) in [4.78, 5) is 12.3. The highest BCUT2D eigenvalue weighted by Crippen LogP contribution is 2.34. The minimum atomic E-state index is -0.486. The van der Waals surface area contributed by atoms with Gasteiger partial charge in [0.1, 0.15) is 11.5 Å². The summed E-state index contributed by atoms with van der Waals surface area (Å²) in [6.07, 6.45) is 0.737. The first-order chi connectivity index (χ1) is 9.99. The zero-order valence-corrected chi connectivity index (χ0v) is 13.1. The van der Waals surface area contributed by atoms with E-state index in [-0.39, 0.29) is 5.97 Å². The molecule has 3 heteroatoms. The van der Waals surface area contributed by atoms with Crippen LogP contribution in [0.25, 0.3) is 10.8 Å². The topological polar surface area (TPSA) is 35.5 Å². The summed E-state index contributed by atoms with van der Waals surface area (Å²) in [5.41, 5.74) is -0.486. The van der Waals surface area contributed by atoms with Crippen LogP contribution in [-0.4, -0.2) is 12.6 Å². The molecule has 0 N–H and O–H groups in total. The summed E-state index contributed by atoms with van der Waals surface area (Å²) >= 11 is 0. The molecule has 0 atom stereocenters. The van der Waals surface area contributed by atoms with Gasteiger partial charge in [0, 0.05) is 10.8 Å². The lowest BCUT2D eigenvalue weighted by Gasteiger charge is -2.21. The number of ether oxygens (including phenoxy) is 2. The van der Waals surface area contributed by atoms with Crippen LogP contribution in [0, 0.1) is 5.41 Å². The number of carbonyl (C=O) groups is 1. The van der Waals surface area contributed by atoms with Crippen molar-refractivity contribution >= 4 is 16.7 Å². The highest BCUT2D eigenvalue weighted by Gasteiger charge is 2.28. The second-order valence-corrected chi connectivity index (χ2v) is 5.67. The zero-order valence-electron chi connectivity index (χ0n) is 13.1. The molecule has 0 aromatic heterocycles. The number of esters is 1. The first-order valence-corrected chi connectivity index (χ1v) is 7.36. The molecule has 0 bridgehead atoms. The van der Waals surface area contributed by atoms with Crippen molar-refractivity contribution in [2.45, 2.75) is 34.1 Å². The van der Waals surface area contributed by atoms with E-state index in [4.69, 9.17) is 9.47 Å². The lowest BCUT2D eigenvalue weighted by Crippen LogP contribution is -2.28. The summed E-state index contributed by atoms with van der Waals surface area (Å²) in [7, 11) is 0. The molecule has 0 amide bonds. The first kappa shape index (κ1) is 15.4. The molecule has 2 aromatic rings. The molecular weight excluding hydrogens is 264 g/mol. The van der Waals surface area contributed by atoms with Gasteiger partial charge in [-0.05, 0) is 39.3 Å².